The Morgan fingerprint density at radius 3 is 2.78 bits per heavy atom. The maximum absolute atomic E-state index is 12.2. The van der Waals surface area contributed by atoms with Crippen LogP contribution in [0.4, 0.5) is 0 Å². The molecule has 0 saturated heterocycles. The first-order valence-corrected chi connectivity index (χ1v) is 8.57. The highest BCUT2D eigenvalue weighted by atomic mass is 16.5. The number of phenols is 1. The minimum atomic E-state index is -0.427. The first kappa shape index (κ1) is 18.2. The predicted molar refractivity (Wildman–Crippen MR) is 103 cm³/mol. The lowest BCUT2D eigenvalue weighted by Gasteiger charge is -2.04. The highest BCUT2D eigenvalue weighted by molar-refractivity contribution is 5.94. The van der Waals surface area contributed by atoms with E-state index >= 15 is 0 Å². The monoisotopic (exact) mass is 364 g/mol. The molecule has 1 amide bonds. The normalized spacial score (nSPS) is 10.9. The second-order valence-electron chi connectivity index (χ2n) is 5.80. The van der Waals surface area contributed by atoms with E-state index < -0.39 is 5.91 Å². The first-order chi connectivity index (χ1) is 13.2. The zero-order valence-corrected chi connectivity index (χ0v) is 14.8. The lowest BCUT2D eigenvalue weighted by molar-refractivity contribution is 0.0950. The number of aromatic nitrogens is 2. The van der Waals surface area contributed by atoms with E-state index in [-0.39, 0.29) is 11.4 Å². The van der Waals surface area contributed by atoms with Crippen LogP contribution in [0.15, 0.2) is 59.7 Å². The van der Waals surface area contributed by atoms with Crippen molar-refractivity contribution in [3.05, 3.63) is 65.9 Å². The Kier molecular flexibility index (Phi) is 5.84. The van der Waals surface area contributed by atoms with Gasteiger partial charge in [-0.2, -0.15) is 10.2 Å². The number of carbonyl (C=O) groups is 1. The van der Waals surface area contributed by atoms with E-state index in [1.165, 1.54) is 6.21 Å². The maximum Gasteiger partial charge on any atom is 0.289 e. The number of hydrogen-bond donors (Lipinski definition) is 3. The van der Waals surface area contributed by atoms with Crippen molar-refractivity contribution in [3.8, 4) is 22.8 Å². The summed E-state index contributed by atoms with van der Waals surface area (Å²) in [5.41, 5.74) is 4.70. The molecule has 0 fully saturated rings. The van der Waals surface area contributed by atoms with Crippen LogP contribution in [0.3, 0.4) is 0 Å². The van der Waals surface area contributed by atoms with Gasteiger partial charge in [-0.15, -0.1) is 0 Å². The molecule has 0 atom stereocenters. The number of amides is 1. The van der Waals surface area contributed by atoms with Gasteiger partial charge in [0.15, 0.2) is 0 Å². The van der Waals surface area contributed by atoms with Crippen LogP contribution in [0.5, 0.6) is 11.5 Å². The molecule has 0 bridgehead atoms. The van der Waals surface area contributed by atoms with Crippen LogP contribution < -0.4 is 10.2 Å². The van der Waals surface area contributed by atoms with Crippen LogP contribution in [0, 0.1) is 0 Å². The second-order valence-corrected chi connectivity index (χ2v) is 5.80. The zero-order valence-electron chi connectivity index (χ0n) is 14.8. The fraction of sp³-hybridized carbons (Fsp3) is 0.150. The van der Waals surface area contributed by atoms with E-state index in [0.717, 1.165) is 17.7 Å². The minimum Gasteiger partial charge on any atom is -0.507 e. The summed E-state index contributed by atoms with van der Waals surface area (Å²) in [6.45, 7) is 2.73. The van der Waals surface area contributed by atoms with E-state index in [2.05, 4.69) is 27.6 Å². The van der Waals surface area contributed by atoms with Crippen LogP contribution in [0.1, 0.15) is 29.4 Å². The summed E-state index contributed by atoms with van der Waals surface area (Å²) in [7, 11) is 0. The molecule has 1 heterocycles. The van der Waals surface area contributed by atoms with Gasteiger partial charge in [0, 0.05) is 11.1 Å². The molecule has 3 N–H and O–H groups in total. The van der Waals surface area contributed by atoms with Crippen LogP contribution in [-0.2, 0) is 0 Å². The topological polar surface area (TPSA) is 99.6 Å². The third kappa shape index (κ3) is 4.72. The van der Waals surface area contributed by atoms with Gasteiger partial charge in [0.2, 0.25) is 0 Å². The van der Waals surface area contributed by atoms with Crippen LogP contribution in [0.2, 0.25) is 0 Å². The van der Waals surface area contributed by atoms with Crippen LogP contribution in [0.25, 0.3) is 11.3 Å². The predicted octanol–water partition coefficient (Wildman–Crippen LogP) is 3.34. The van der Waals surface area contributed by atoms with Crippen molar-refractivity contribution < 1.29 is 14.6 Å². The molecule has 0 saturated carbocycles. The summed E-state index contributed by atoms with van der Waals surface area (Å²) in [4.78, 5) is 12.2. The zero-order chi connectivity index (χ0) is 19.1. The van der Waals surface area contributed by atoms with Crippen molar-refractivity contribution in [2.24, 2.45) is 5.10 Å². The Hall–Kier alpha value is -3.61. The van der Waals surface area contributed by atoms with Gasteiger partial charge in [-0.25, -0.2) is 5.43 Å². The number of phenolic OH excluding ortho intramolecular Hbond substituents is 1. The van der Waals surface area contributed by atoms with Crippen LogP contribution in [-0.4, -0.2) is 34.0 Å². The summed E-state index contributed by atoms with van der Waals surface area (Å²) >= 11 is 0. The van der Waals surface area contributed by atoms with E-state index in [9.17, 15) is 9.90 Å². The quantitative estimate of drug-likeness (QED) is 0.442. The van der Waals surface area contributed by atoms with Gasteiger partial charge in [0.1, 0.15) is 17.2 Å². The number of nitrogens with zero attached hydrogens (tertiary/aromatic N) is 2. The Balaban J connectivity index is 1.63. The van der Waals surface area contributed by atoms with E-state index in [1.807, 2.05) is 24.3 Å². The maximum atomic E-state index is 12.2. The smallest absolute Gasteiger partial charge is 0.289 e. The number of para-hydroxylation sites is 1. The molecule has 27 heavy (non-hydrogen) atoms. The van der Waals surface area contributed by atoms with Crippen molar-refractivity contribution >= 4 is 12.1 Å². The summed E-state index contributed by atoms with van der Waals surface area (Å²) < 4.78 is 5.55. The summed E-state index contributed by atoms with van der Waals surface area (Å²) in [5, 5.41) is 20.4. The fourth-order valence-corrected chi connectivity index (χ4v) is 2.35. The molecule has 7 heteroatoms. The van der Waals surface area contributed by atoms with Crippen LogP contribution >= 0.6 is 0 Å². The number of aromatic hydroxyl groups is 1. The van der Waals surface area contributed by atoms with Crippen molar-refractivity contribution in [2.45, 2.75) is 13.3 Å². The SMILES string of the molecule is CCCOc1ccc(-c2cc(C(=O)N/N=C\c3ccccc3O)[nH]n2)cc1. The standard InChI is InChI=1S/C20H20N4O3/c1-2-11-27-16-9-7-14(8-10-16)17-12-18(23-22-17)20(26)24-21-13-15-5-3-4-6-19(15)25/h3-10,12-13,25H,2,11H2,1H3,(H,22,23)(H,24,26)/b21-13-. The molecule has 0 aliphatic carbocycles. The molecule has 0 unspecified atom stereocenters. The van der Waals surface area contributed by atoms with Crippen molar-refractivity contribution in [3.63, 3.8) is 0 Å². The third-order valence-electron chi connectivity index (χ3n) is 3.75. The fourth-order valence-electron chi connectivity index (χ4n) is 2.35. The molecule has 1 aromatic heterocycles. The number of hydrogen-bond acceptors (Lipinski definition) is 5. The second kappa shape index (κ2) is 8.66. The summed E-state index contributed by atoms with van der Waals surface area (Å²) in [6, 6.07) is 15.9. The highest BCUT2D eigenvalue weighted by Crippen LogP contribution is 2.21. The molecule has 3 rings (SSSR count). The molecule has 138 valence electrons. The third-order valence-corrected chi connectivity index (χ3v) is 3.75. The van der Waals surface area contributed by atoms with Crippen molar-refractivity contribution in [1.82, 2.24) is 15.6 Å². The molecule has 0 aliphatic rings. The molecule has 7 nitrogen and oxygen atoms in total. The number of hydrazone groups is 1. The number of rotatable bonds is 7. The Labute approximate surface area is 156 Å². The Morgan fingerprint density at radius 1 is 1.26 bits per heavy atom. The molecule has 0 spiro atoms. The van der Waals surface area contributed by atoms with Gasteiger partial charge in [-0.05, 0) is 48.9 Å². The average molecular weight is 364 g/mol. The lowest BCUT2D eigenvalue weighted by Crippen LogP contribution is -2.18. The molecule has 0 aliphatic heterocycles. The lowest BCUT2D eigenvalue weighted by atomic mass is 10.1. The minimum absolute atomic E-state index is 0.0886. The summed E-state index contributed by atoms with van der Waals surface area (Å²) in [5.74, 6) is 0.460. The van der Waals surface area contributed by atoms with Crippen molar-refractivity contribution in [2.75, 3.05) is 6.61 Å². The highest BCUT2D eigenvalue weighted by Gasteiger charge is 2.10. The van der Waals surface area contributed by atoms with Gasteiger partial charge in [0.05, 0.1) is 18.5 Å². The molecular formula is C20H20N4O3. The summed E-state index contributed by atoms with van der Waals surface area (Å²) in [6.07, 6.45) is 2.32. The Bertz CT molecular complexity index is 932. The van der Waals surface area contributed by atoms with Gasteiger partial charge >= 0.3 is 0 Å². The molecule has 2 aromatic carbocycles. The van der Waals surface area contributed by atoms with Gasteiger partial charge in [-0.3, -0.25) is 9.89 Å². The van der Waals surface area contributed by atoms with Crippen molar-refractivity contribution in [1.29, 1.82) is 0 Å². The van der Waals surface area contributed by atoms with Gasteiger partial charge in [-0.1, -0.05) is 19.1 Å². The van der Waals surface area contributed by atoms with Gasteiger partial charge in [0.25, 0.3) is 5.91 Å². The molecule has 0 radical (unpaired) electrons. The number of benzene rings is 2. The van der Waals surface area contributed by atoms with E-state index in [0.29, 0.717) is 17.9 Å². The molecular weight excluding hydrogens is 344 g/mol. The largest absolute Gasteiger partial charge is 0.507 e. The number of ether oxygens (including phenoxy) is 1. The first-order valence-electron chi connectivity index (χ1n) is 8.57. The van der Waals surface area contributed by atoms with Gasteiger partial charge < -0.3 is 9.84 Å². The number of H-pyrrole nitrogens is 1. The average Bonchev–Trinajstić information content (AvgIpc) is 3.18. The molecule has 3 aromatic rings. The van der Waals surface area contributed by atoms with E-state index in [1.54, 1.807) is 30.3 Å². The number of nitrogens with one attached hydrogen (secondary N) is 2. The Morgan fingerprint density at radius 2 is 2.04 bits per heavy atom. The van der Waals surface area contributed by atoms with E-state index in [4.69, 9.17) is 4.74 Å². The number of carbonyl (C=O) groups excluding carboxylic acids is 1. The number of aromatic amines is 1.